The Kier molecular flexibility index (Phi) is 6.10. The Balaban J connectivity index is 1.58. The number of imidazole rings is 1. The molecule has 0 saturated carbocycles. The van der Waals surface area contributed by atoms with Gasteiger partial charge in [-0.15, -0.1) is 0 Å². The van der Waals surface area contributed by atoms with Gasteiger partial charge in [0, 0.05) is 40.7 Å². The topological polar surface area (TPSA) is 104 Å². The Hall–Kier alpha value is -3.79. The molecule has 0 atom stereocenters. The predicted molar refractivity (Wildman–Crippen MR) is 116 cm³/mol. The minimum atomic E-state index is -4.55. The highest BCUT2D eigenvalue weighted by Crippen LogP contribution is 2.30. The summed E-state index contributed by atoms with van der Waals surface area (Å²) in [5.74, 6) is 0.0453. The fourth-order valence-corrected chi connectivity index (χ4v) is 3.37. The Morgan fingerprint density at radius 3 is 2.70 bits per heavy atom. The molecule has 0 unspecified atom stereocenters. The van der Waals surface area contributed by atoms with E-state index in [4.69, 9.17) is 10.1 Å². The van der Waals surface area contributed by atoms with Gasteiger partial charge in [-0.3, -0.25) is 9.78 Å². The van der Waals surface area contributed by atoms with Crippen molar-refractivity contribution in [3.05, 3.63) is 83.2 Å². The molecule has 170 valence electrons. The molecule has 1 aliphatic rings. The van der Waals surface area contributed by atoms with Gasteiger partial charge in [-0.2, -0.15) is 13.2 Å². The molecule has 1 aromatic carbocycles. The minimum Gasteiger partial charge on any atom is -0.380 e. The number of ether oxygens (including phenoxy) is 1. The molecule has 3 aromatic rings. The van der Waals surface area contributed by atoms with Crippen LogP contribution in [0.2, 0.25) is 0 Å². The van der Waals surface area contributed by atoms with Crippen LogP contribution in [0.3, 0.4) is 0 Å². The number of pyridine rings is 1. The molecule has 4 rings (SSSR count). The first-order valence-electron chi connectivity index (χ1n) is 10.1. The summed E-state index contributed by atoms with van der Waals surface area (Å²) in [6.07, 6.45) is 1.86. The number of nitrogens with one attached hydrogen (secondary N) is 3. The smallest absolute Gasteiger partial charge is 0.380 e. The fourth-order valence-electron chi connectivity index (χ4n) is 3.37. The van der Waals surface area contributed by atoms with E-state index < -0.39 is 17.6 Å². The van der Waals surface area contributed by atoms with Gasteiger partial charge in [0.1, 0.15) is 5.82 Å². The number of alkyl halides is 3. The van der Waals surface area contributed by atoms with Crippen molar-refractivity contribution in [2.24, 2.45) is 5.92 Å². The number of hydrogen-bond donors (Lipinski definition) is 3. The third-order valence-electron chi connectivity index (χ3n) is 5.24. The number of nitrogens with zero attached hydrogens (tertiary/aromatic N) is 2. The van der Waals surface area contributed by atoms with Crippen molar-refractivity contribution >= 4 is 22.9 Å². The molecule has 3 heterocycles. The summed E-state index contributed by atoms with van der Waals surface area (Å²) in [4.78, 5) is 24.1. The van der Waals surface area contributed by atoms with Crippen LogP contribution in [0, 0.1) is 18.3 Å². The molecule has 1 amide bonds. The van der Waals surface area contributed by atoms with E-state index in [-0.39, 0.29) is 22.9 Å². The fraction of sp³-hybridized carbons (Fsp3) is 0.217. The lowest BCUT2D eigenvalue weighted by atomic mass is 9.93. The van der Waals surface area contributed by atoms with Crippen molar-refractivity contribution in [1.82, 2.24) is 15.0 Å². The lowest BCUT2D eigenvalue weighted by Gasteiger charge is -2.27. The van der Waals surface area contributed by atoms with Gasteiger partial charge in [0.15, 0.2) is 0 Å². The number of allylic oxidation sites excluding steroid dienone is 1. The lowest BCUT2D eigenvalue weighted by Crippen LogP contribution is -2.29. The third-order valence-corrected chi connectivity index (χ3v) is 5.24. The zero-order valence-corrected chi connectivity index (χ0v) is 17.5. The second kappa shape index (κ2) is 8.99. The zero-order valence-electron chi connectivity index (χ0n) is 17.5. The van der Waals surface area contributed by atoms with E-state index in [1.165, 1.54) is 18.3 Å². The number of rotatable bonds is 6. The standard InChI is InChI=1S/C23H20F3N5O2/c1-13-18(20(27)9-19(15-11-33-12-15)21-28-5-6-29-21)8-17(10-30-13)31-22(32)14-3-2-4-16(7-14)23(24,25)26/h2-10,15,27H,11-12H2,1H3,(H,28,29)(H,31,32)/b19-9-,27-20?. The van der Waals surface area contributed by atoms with E-state index in [2.05, 4.69) is 20.3 Å². The summed E-state index contributed by atoms with van der Waals surface area (Å²) in [6.45, 7) is 2.80. The van der Waals surface area contributed by atoms with Gasteiger partial charge in [0.2, 0.25) is 0 Å². The van der Waals surface area contributed by atoms with Crippen LogP contribution in [-0.2, 0) is 10.9 Å². The monoisotopic (exact) mass is 455 g/mol. The van der Waals surface area contributed by atoms with E-state index in [9.17, 15) is 18.0 Å². The number of carbonyl (C=O) groups is 1. The van der Waals surface area contributed by atoms with Crippen molar-refractivity contribution in [2.45, 2.75) is 13.1 Å². The minimum absolute atomic E-state index is 0.105. The summed E-state index contributed by atoms with van der Waals surface area (Å²) in [5, 5.41) is 11.2. The van der Waals surface area contributed by atoms with Gasteiger partial charge in [-0.05, 0) is 37.3 Å². The molecule has 1 fully saturated rings. The second-order valence-corrected chi connectivity index (χ2v) is 7.58. The van der Waals surface area contributed by atoms with Crippen LogP contribution in [0.25, 0.3) is 5.57 Å². The summed E-state index contributed by atoms with van der Waals surface area (Å²) in [7, 11) is 0. The molecule has 0 radical (unpaired) electrons. The van der Waals surface area contributed by atoms with Crippen LogP contribution in [0.4, 0.5) is 18.9 Å². The summed E-state index contributed by atoms with van der Waals surface area (Å²) < 4.78 is 44.1. The van der Waals surface area contributed by atoms with Crippen molar-refractivity contribution in [3.8, 4) is 0 Å². The van der Waals surface area contributed by atoms with Crippen LogP contribution >= 0.6 is 0 Å². The number of hydrogen-bond acceptors (Lipinski definition) is 5. The number of aromatic nitrogens is 3. The summed E-state index contributed by atoms with van der Waals surface area (Å²) >= 11 is 0. The molecule has 7 nitrogen and oxygen atoms in total. The van der Waals surface area contributed by atoms with E-state index in [1.54, 1.807) is 31.5 Å². The first kappa shape index (κ1) is 22.4. The molecular formula is C23H20F3N5O2. The predicted octanol–water partition coefficient (Wildman–Crippen LogP) is 4.48. The summed E-state index contributed by atoms with van der Waals surface area (Å²) in [6, 6.07) is 5.74. The van der Waals surface area contributed by atoms with Gasteiger partial charge < -0.3 is 20.4 Å². The van der Waals surface area contributed by atoms with Crippen molar-refractivity contribution in [1.29, 1.82) is 5.41 Å². The highest BCUT2D eigenvalue weighted by Gasteiger charge is 2.31. The highest BCUT2D eigenvalue weighted by molar-refractivity contribution is 6.12. The Bertz CT molecular complexity index is 1220. The van der Waals surface area contributed by atoms with Gasteiger partial charge in [0.25, 0.3) is 5.91 Å². The average molecular weight is 455 g/mol. The SMILES string of the molecule is Cc1ncc(NC(=O)c2cccc(C(F)(F)F)c2)cc1C(=N)/C=C(\c1ncc[nH]1)C1COC1. The van der Waals surface area contributed by atoms with E-state index in [0.29, 0.717) is 30.3 Å². The first-order valence-corrected chi connectivity index (χ1v) is 10.1. The Labute approximate surface area is 187 Å². The molecule has 3 N–H and O–H groups in total. The Morgan fingerprint density at radius 1 is 1.27 bits per heavy atom. The molecule has 33 heavy (non-hydrogen) atoms. The largest absolute Gasteiger partial charge is 0.416 e. The molecule has 1 saturated heterocycles. The third kappa shape index (κ3) is 5.01. The van der Waals surface area contributed by atoms with Gasteiger partial charge in [-0.25, -0.2) is 4.98 Å². The first-order chi connectivity index (χ1) is 15.7. The molecule has 2 aromatic heterocycles. The number of aromatic amines is 1. The maximum Gasteiger partial charge on any atom is 0.416 e. The summed E-state index contributed by atoms with van der Waals surface area (Å²) in [5.41, 5.74) is 1.26. The van der Waals surface area contributed by atoms with E-state index in [1.807, 2.05) is 0 Å². The Morgan fingerprint density at radius 2 is 2.06 bits per heavy atom. The van der Waals surface area contributed by atoms with E-state index in [0.717, 1.165) is 17.7 Å². The molecule has 0 aliphatic carbocycles. The number of halogens is 3. The maximum atomic E-state index is 13.0. The number of amides is 1. The van der Waals surface area contributed by atoms with Crippen LogP contribution in [0.15, 0.2) is 55.0 Å². The van der Waals surface area contributed by atoms with Crippen LogP contribution in [-0.4, -0.2) is 39.8 Å². The number of anilines is 1. The molecular weight excluding hydrogens is 435 g/mol. The van der Waals surface area contributed by atoms with E-state index >= 15 is 0 Å². The van der Waals surface area contributed by atoms with Crippen LogP contribution in [0.5, 0.6) is 0 Å². The number of aryl methyl sites for hydroxylation is 1. The lowest BCUT2D eigenvalue weighted by molar-refractivity contribution is -0.137. The molecule has 0 spiro atoms. The number of benzene rings is 1. The molecule has 10 heteroatoms. The van der Waals surface area contributed by atoms with Gasteiger partial charge in [-0.1, -0.05) is 6.07 Å². The highest BCUT2D eigenvalue weighted by atomic mass is 19.4. The maximum absolute atomic E-state index is 13.0. The normalized spacial score (nSPS) is 14.6. The van der Waals surface area contributed by atoms with Crippen LogP contribution in [0.1, 0.15) is 33.0 Å². The van der Waals surface area contributed by atoms with Gasteiger partial charge >= 0.3 is 6.18 Å². The van der Waals surface area contributed by atoms with Gasteiger partial charge in [0.05, 0.1) is 36.4 Å². The zero-order chi connectivity index (χ0) is 23.6. The van der Waals surface area contributed by atoms with Crippen LogP contribution < -0.4 is 5.32 Å². The van der Waals surface area contributed by atoms with Crippen molar-refractivity contribution in [2.75, 3.05) is 18.5 Å². The molecule has 1 aliphatic heterocycles. The average Bonchev–Trinajstić information content (AvgIpc) is 3.27. The quantitative estimate of drug-likeness (QED) is 0.477. The number of H-pyrrole nitrogens is 1. The second-order valence-electron chi connectivity index (χ2n) is 7.58. The van der Waals surface area contributed by atoms with Crippen molar-refractivity contribution < 1.29 is 22.7 Å². The molecule has 0 bridgehead atoms. The van der Waals surface area contributed by atoms with Crippen molar-refractivity contribution in [3.63, 3.8) is 0 Å². The number of carbonyl (C=O) groups excluding carboxylic acids is 1.